The lowest BCUT2D eigenvalue weighted by Gasteiger charge is -2.14. The van der Waals surface area contributed by atoms with Crippen LogP contribution in [0.5, 0.6) is 0 Å². The summed E-state index contributed by atoms with van der Waals surface area (Å²) in [5.41, 5.74) is 0. The summed E-state index contributed by atoms with van der Waals surface area (Å²) in [6, 6.07) is 0. The van der Waals surface area contributed by atoms with Crippen molar-refractivity contribution in [3.05, 3.63) is 0 Å². The average molecular weight is 177 g/mol. The van der Waals surface area contributed by atoms with Gasteiger partial charge in [0.25, 0.3) is 3.98 Å². The Kier molecular flexibility index (Phi) is 3.44. The van der Waals surface area contributed by atoms with E-state index in [4.69, 9.17) is 39.5 Å². The quantitative estimate of drug-likeness (QED) is 0.560. The zero-order chi connectivity index (χ0) is 6.78. The van der Waals surface area contributed by atoms with Gasteiger partial charge in [-0.1, -0.05) is 34.8 Å². The summed E-state index contributed by atoms with van der Waals surface area (Å²) in [5.74, 6) is 0. The van der Waals surface area contributed by atoms with Gasteiger partial charge >= 0.3 is 0 Å². The Morgan fingerprint density at radius 1 is 1.25 bits per heavy atom. The highest BCUT2D eigenvalue weighted by Crippen LogP contribution is 2.28. The fraction of sp³-hybridized carbons (Fsp3) is 1.00. The van der Waals surface area contributed by atoms with E-state index >= 15 is 0 Å². The van der Waals surface area contributed by atoms with E-state index in [0.29, 0.717) is 0 Å². The van der Waals surface area contributed by atoms with Crippen molar-refractivity contribution in [1.29, 1.82) is 0 Å². The summed E-state index contributed by atoms with van der Waals surface area (Å²) in [6.45, 7) is 3.59. The van der Waals surface area contributed by atoms with E-state index in [-0.39, 0.29) is 6.10 Å². The molecule has 0 aromatic rings. The Hall–Kier alpha value is 0.830. The Labute approximate surface area is 63.9 Å². The van der Waals surface area contributed by atoms with Crippen LogP contribution in [0, 0.1) is 0 Å². The second-order valence-corrected chi connectivity index (χ2v) is 3.79. The number of alkyl halides is 3. The Balaban J connectivity index is 3.39. The van der Waals surface area contributed by atoms with Crippen LogP contribution >= 0.6 is 34.8 Å². The molecule has 0 saturated heterocycles. The van der Waals surface area contributed by atoms with Gasteiger partial charge in [-0.25, -0.2) is 0 Å². The van der Waals surface area contributed by atoms with Gasteiger partial charge in [0.05, 0.1) is 6.10 Å². The number of hydrogen-bond acceptors (Lipinski definition) is 1. The molecule has 0 atom stereocenters. The van der Waals surface area contributed by atoms with Crippen molar-refractivity contribution >= 4 is 34.8 Å². The maximum absolute atomic E-state index is 5.24. The van der Waals surface area contributed by atoms with E-state index in [1.807, 2.05) is 0 Å². The average Bonchev–Trinajstić information content (AvgIpc) is 1.21. The maximum Gasteiger partial charge on any atom is 0.297 e. The van der Waals surface area contributed by atoms with Crippen molar-refractivity contribution in [2.45, 2.75) is 23.9 Å². The lowest BCUT2D eigenvalue weighted by molar-refractivity contribution is 0.0737. The van der Waals surface area contributed by atoms with Crippen LogP contribution in [0.3, 0.4) is 0 Å². The van der Waals surface area contributed by atoms with Crippen LogP contribution in [0.1, 0.15) is 13.8 Å². The molecule has 0 N–H and O–H groups in total. The van der Waals surface area contributed by atoms with Crippen LogP contribution < -0.4 is 0 Å². The number of ether oxygens (including phenoxy) is 1. The smallest absolute Gasteiger partial charge is 0.297 e. The van der Waals surface area contributed by atoms with Gasteiger partial charge in [-0.2, -0.15) is 0 Å². The van der Waals surface area contributed by atoms with Gasteiger partial charge < -0.3 is 4.74 Å². The fourth-order valence-corrected chi connectivity index (χ4v) is 0.802. The molecule has 0 aliphatic carbocycles. The lowest BCUT2D eigenvalue weighted by atomic mass is 10.5. The Bertz CT molecular complexity index is 66.2. The summed E-state index contributed by atoms with van der Waals surface area (Å²) in [4.78, 5) is 0. The van der Waals surface area contributed by atoms with E-state index in [9.17, 15) is 0 Å². The highest BCUT2D eigenvalue weighted by molar-refractivity contribution is 6.66. The second kappa shape index (κ2) is 3.11. The lowest BCUT2D eigenvalue weighted by Crippen LogP contribution is -2.14. The summed E-state index contributed by atoms with van der Waals surface area (Å²) in [6.07, 6.45) is -0.0532. The topological polar surface area (TPSA) is 9.23 Å². The predicted octanol–water partition coefficient (Wildman–Crippen LogP) is 2.74. The Morgan fingerprint density at radius 3 is 1.62 bits per heavy atom. The minimum atomic E-state index is -1.56. The molecule has 8 heavy (non-hydrogen) atoms. The third-order valence-corrected chi connectivity index (χ3v) is 0.637. The van der Waals surface area contributed by atoms with Crippen LogP contribution in [-0.4, -0.2) is 10.1 Å². The van der Waals surface area contributed by atoms with Crippen LogP contribution in [0.25, 0.3) is 0 Å². The summed E-state index contributed by atoms with van der Waals surface area (Å²) in [5, 5.41) is 0. The van der Waals surface area contributed by atoms with E-state index in [2.05, 4.69) is 0 Å². The Morgan fingerprint density at radius 2 is 1.62 bits per heavy atom. The first kappa shape index (κ1) is 8.83. The van der Waals surface area contributed by atoms with Gasteiger partial charge in [-0.15, -0.1) is 0 Å². The third kappa shape index (κ3) is 6.83. The summed E-state index contributed by atoms with van der Waals surface area (Å²) in [7, 11) is 0. The largest absolute Gasteiger partial charge is 0.332 e. The summed E-state index contributed by atoms with van der Waals surface area (Å²) < 4.78 is 3.17. The molecule has 0 aliphatic heterocycles. The molecule has 0 aliphatic rings. The molecule has 0 aromatic carbocycles. The predicted molar refractivity (Wildman–Crippen MR) is 36.5 cm³/mol. The first-order valence-electron chi connectivity index (χ1n) is 2.16. The van der Waals surface area contributed by atoms with E-state index in [1.165, 1.54) is 0 Å². The van der Waals surface area contributed by atoms with Crippen molar-refractivity contribution in [2.75, 3.05) is 0 Å². The molecular weight excluding hydrogens is 170 g/mol. The monoisotopic (exact) mass is 176 g/mol. The number of hydrogen-bond donors (Lipinski definition) is 0. The molecule has 0 fully saturated rings. The molecular formula is C4H7Cl3O. The summed E-state index contributed by atoms with van der Waals surface area (Å²) >= 11 is 15.7. The maximum atomic E-state index is 5.24. The standard InChI is InChI=1S/C4H7Cl3O/c1-3(2)8-4(5,6)7/h3H,1-2H3. The molecule has 4 heteroatoms. The minimum Gasteiger partial charge on any atom is -0.332 e. The molecule has 0 spiro atoms. The van der Waals surface area contributed by atoms with Crippen LogP contribution in [0.15, 0.2) is 0 Å². The minimum absolute atomic E-state index is 0.0532. The van der Waals surface area contributed by atoms with Crippen LogP contribution in [0.4, 0.5) is 0 Å². The first-order valence-corrected chi connectivity index (χ1v) is 3.30. The molecule has 0 amide bonds. The molecule has 1 nitrogen and oxygen atoms in total. The highest BCUT2D eigenvalue weighted by Gasteiger charge is 2.21. The van der Waals surface area contributed by atoms with Crippen molar-refractivity contribution in [2.24, 2.45) is 0 Å². The number of halogens is 3. The molecule has 0 saturated carbocycles. The zero-order valence-corrected chi connectivity index (χ0v) is 6.89. The van der Waals surface area contributed by atoms with E-state index < -0.39 is 3.98 Å². The van der Waals surface area contributed by atoms with Crippen LogP contribution in [0.2, 0.25) is 0 Å². The van der Waals surface area contributed by atoms with E-state index in [0.717, 1.165) is 0 Å². The van der Waals surface area contributed by atoms with Gasteiger partial charge in [0.2, 0.25) is 0 Å². The van der Waals surface area contributed by atoms with Crippen LogP contribution in [-0.2, 0) is 4.74 Å². The molecule has 0 radical (unpaired) electrons. The molecule has 0 heterocycles. The third-order valence-electron chi connectivity index (χ3n) is 0.369. The number of rotatable bonds is 1. The van der Waals surface area contributed by atoms with E-state index in [1.54, 1.807) is 13.8 Å². The molecule has 0 unspecified atom stereocenters. The van der Waals surface area contributed by atoms with Crippen molar-refractivity contribution in [3.8, 4) is 0 Å². The van der Waals surface area contributed by atoms with Crippen molar-refractivity contribution in [3.63, 3.8) is 0 Å². The normalized spacial score (nSPS) is 12.8. The fourth-order valence-electron chi connectivity index (χ4n) is 0.267. The molecule has 0 rings (SSSR count). The molecule has 0 bridgehead atoms. The highest BCUT2D eigenvalue weighted by atomic mass is 35.6. The van der Waals surface area contributed by atoms with Gasteiger partial charge in [-0.05, 0) is 13.8 Å². The SMILES string of the molecule is CC(C)OC(Cl)(Cl)Cl. The second-order valence-electron chi connectivity index (χ2n) is 1.61. The van der Waals surface area contributed by atoms with Crippen molar-refractivity contribution < 1.29 is 4.74 Å². The molecule has 0 aromatic heterocycles. The van der Waals surface area contributed by atoms with Gasteiger partial charge in [-0.3, -0.25) is 0 Å². The van der Waals surface area contributed by atoms with Gasteiger partial charge in [0.1, 0.15) is 0 Å². The first-order chi connectivity index (χ1) is 3.42. The van der Waals surface area contributed by atoms with Crippen molar-refractivity contribution in [1.82, 2.24) is 0 Å². The van der Waals surface area contributed by atoms with Gasteiger partial charge in [0, 0.05) is 0 Å². The van der Waals surface area contributed by atoms with Gasteiger partial charge in [0.15, 0.2) is 0 Å². The molecule has 50 valence electrons. The zero-order valence-electron chi connectivity index (χ0n) is 4.62.